The summed E-state index contributed by atoms with van der Waals surface area (Å²) in [4.78, 5) is 4.27. The molecule has 0 fully saturated rings. The van der Waals surface area contributed by atoms with Crippen molar-refractivity contribution in [2.75, 3.05) is 6.61 Å². The molecule has 0 aliphatic carbocycles. The fourth-order valence-electron chi connectivity index (χ4n) is 1.85. The van der Waals surface area contributed by atoms with E-state index < -0.39 is 6.10 Å². The molecule has 0 saturated carbocycles. The number of aromatic nitrogens is 1. The molecule has 2 aromatic rings. The molecule has 3 heteroatoms. The van der Waals surface area contributed by atoms with E-state index in [-0.39, 0.29) is 0 Å². The maximum absolute atomic E-state index is 10.4. The zero-order valence-corrected chi connectivity index (χ0v) is 11.3. The fourth-order valence-corrected chi connectivity index (χ4v) is 1.85. The second-order valence-corrected chi connectivity index (χ2v) is 4.55. The van der Waals surface area contributed by atoms with Crippen LogP contribution in [0.1, 0.15) is 36.3 Å². The highest BCUT2D eigenvalue weighted by Crippen LogP contribution is 2.29. The Balaban J connectivity index is 2.27. The van der Waals surface area contributed by atoms with Crippen molar-refractivity contribution in [2.24, 2.45) is 0 Å². The van der Waals surface area contributed by atoms with Crippen LogP contribution in [0.15, 0.2) is 42.6 Å². The van der Waals surface area contributed by atoms with Crippen molar-refractivity contribution in [1.82, 2.24) is 4.98 Å². The third kappa shape index (κ3) is 3.32. The Hall–Kier alpha value is -1.87. The number of benzene rings is 1. The molecule has 0 aliphatic heterocycles. The first kappa shape index (κ1) is 13.6. The van der Waals surface area contributed by atoms with Crippen molar-refractivity contribution in [3.05, 3.63) is 59.4 Å². The molecule has 1 atom stereocenters. The number of para-hydroxylation sites is 1. The molecule has 0 amide bonds. The van der Waals surface area contributed by atoms with Crippen molar-refractivity contribution in [3.8, 4) is 5.75 Å². The predicted octanol–water partition coefficient (Wildman–Crippen LogP) is 3.26. The number of pyridine rings is 1. The largest absolute Gasteiger partial charge is 0.493 e. The van der Waals surface area contributed by atoms with Gasteiger partial charge in [0.05, 0.1) is 12.3 Å². The lowest BCUT2D eigenvalue weighted by Crippen LogP contribution is -2.06. The predicted molar refractivity (Wildman–Crippen MR) is 75.3 cm³/mol. The van der Waals surface area contributed by atoms with Crippen molar-refractivity contribution < 1.29 is 9.84 Å². The molecule has 1 unspecified atom stereocenters. The van der Waals surface area contributed by atoms with Gasteiger partial charge in [-0.25, -0.2) is 0 Å². The standard InChI is InChI=1S/C16H19NO2/c1-3-10-19-15-7-5-4-6-13(15)16(18)14-9-8-12(2)11-17-14/h4-9,11,16,18H,3,10H2,1-2H3. The van der Waals surface area contributed by atoms with Gasteiger partial charge in [-0.2, -0.15) is 0 Å². The first-order chi connectivity index (χ1) is 9.22. The quantitative estimate of drug-likeness (QED) is 0.894. The van der Waals surface area contributed by atoms with Crippen LogP contribution in [0.4, 0.5) is 0 Å². The van der Waals surface area contributed by atoms with Gasteiger partial charge >= 0.3 is 0 Å². The smallest absolute Gasteiger partial charge is 0.125 e. The lowest BCUT2D eigenvalue weighted by atomic mass is 10.0. The SMILES string of the molecule is CCCOc1ccccc1C(O)c1ccc(C)cn1. The Bertz CT molecular complexity index is 523. The summed E-state index contributed by atoms with van der Waals surface area (Å²) < 4.78 is 5.66. The van der Waals surface area contributed by atoms with Crippen LogP contribution in [-0.2, 0) is 0 Å². The van der Waals surface area contributed by atoms with Crippen molar-refractivity contribution in [2.45, 2.75) is 26.4 Å². The van der Waals surface area contributed by atoms with E-state index in [4.69, 9.17) is 4.74 Å². The van der Waals surface area contributed by atoms with Gasteiger partial charge in [0.2, 0.25) is 0 Å². The Morgan fingerprint density at radius 1 is 1.21 bits per heavy atom. The Morgan fingerprint density at radius 3 is 2.68 bits per heavy atom. The summed E-state index contributed by atoms with van der Waals surface area (Å²) in [7, 11) is 0. The molecule has 3 nitrogen and oxygen atoms in total. The Morgan fingerprint density at radius 2 is 2.00 bits per heavy atom. The number of ether oxygens (including phenoxy) is 1. The first-order valence-electron chi connectivity index (χ1n) is 6.54. The number of hydrogen-bond donors (Lipinski definition) is 1. The van der Waals surface area contributed by atoms with Gasteiger partial charge in [-0.05, 0) is 31.0 Å². The summed E-state index contributed by atoms with van der Waals surface area (Å²) in [6, 6.07) is 11.3. The van der Waals surface area contributed by atoms with Crippen molar-refractivity contribution >= 4 is 0 Å². The average Bonchev–Trinajstić information content (AvgIpc) is 2.45. The minimum Gasteiger partial charge on any atom is -0.493 e. The second-order valence-electron chi connectivity index (χ2n) is 4.55. The van der Waals surface area contributed by atoms with E-state index >= 15 is 0 Å². The number of aryl methyl sites for hydroxylation is 1. The molecule has 0 bridgehead atoms. The minimum absolute atomic E-state index is 0.637. The summed E-state index contributed by atoms with van der Waals surface area (Å²) in [5, 5.41) is 10.4. The van der Waals surface area contributed by atoms with Gasteiger partial charge in [-0.15, -0.1) is 0 Å². The van der Waals surface area contributed by atoms with Crippen LogP contribution in [-0.4, -0.2) is 16.7 Å². The average molecular weight is 257 g/mol. The molecule has 1 N–H and O–H groups in total. The highest BCUT2D eigenvalue weighted by molar-refractivity contribution is 5.38. The summed E-state index contributed by atoms with van der Waals surface area (Å²) in [5.41, 5.74) is 2.47. The van der Waals surface area contributed by atoms with E-state index in [1.807, 2.05) is 43.3 Å². The van der Waals surface area contributed by atoms with E-state index in [1.54, 1.807) is 6.20 Å². The van der Waals surface area contributed by atoms with E-state index in [2.05, 4.69) is 11.9 Å². The third-order valence-corrected chi connectivity index (χ3v) is 2.89. The van der Waals surface area contributed by atoms with Crippen LogP contribution in [0.5, 0.6) is 5.75 Å². The van der Waals surface area contributed by atoms with Crippen LogP contribution >= 0.6 is 0 Å². The number of aliphatic hydroxyl groups is 1. The lowest BCUT2D eigenvalue weighted by Gasteiger charge is -2.15. The van der Waals surface area contributed by atoms with Crippen LogP contribution < -0.4 is 4.74 Å². The van der Waals surface area contributed by atoms with Crippen molar-refractivity contribution in [1.29, 1.82) is 0 Å². The molecule has 1 heterocycles. The minimum atomic E-state index is -0.756. The molecular formula is C16H19NO2. The van der Waals surface area contributed by atoms with Crippen LogP contribution in [0.2, 0.25) is 0 Å². The molecule has 1 aromatic carbocycles. The molecule has 0 spiro atoms. The molecule has 2 rings (SSSR count). The molecule has 0 saturated heterocycles. The van der Waals surface area contributed by atoms with Gasteiger partial charge in [0.25, 0.3) is 0 Å². The van der Waals surface area contributed by atoms with Crippen LogP contribution in [0.3, 0.4) is 0 Å². The fraction of sp³-hybridized carbons (Fsp3) is 0.312. The van der Waals surface area contributed by atoms with Gasteiger partial charge in [-0.3, -0.25) is 4.98 Å². The Kier molecular flexibility index (Phi) is 4.53. The monoisotopic (exact) mass is 257 g/mol. The van der Waals surface area contributed by atoms with Gasteiger partial charge in [-0.1, -0.05) is 31.2 Å². The van der Waals surface area contributed by atoms with E-state index in [9.17, 15) is 5.11 Å². The normalized spacial score (nSPS) is 12.2. The van der Waals surface area contributed by atoms with Gasteiger partial charge in [0.1, 0.15) is 11.9 Å². The van der Waals surface area contributed by atoms with Crippen LogP contribution in [0, 0.1) is 6.92 Å². The van der Waals surface area contributed by atoms with Crippen molar-refractivity contribution in [3.63, 3.8) is 0 Å². The van der Waals surface area contributed by atoms with E-state index in [0.29, 0.717) is 12.3 Å². The second kappa shape index (κ2) is 6.34. The molecule has 100 valence electrons. The number of hydrogen-bond acceptors (Lipinski definition) is 3. The summed E-state index contributed by atoms with van der Waals surface area (Å²) in [6.07, 6.45) is 1.94. The zero-order chi connectivity index (χ0) is 13.7. The molecular weight excluding hydrogens is 238 g/mol. The van der Waals surface area contributed by atoms with Gasteiger partial charge in [0.15, 0.2) is 0 Å². The van der Waals surface area contributed by atoms with E-state index in [1.165, 1.54) is 0 Å². The maximum Gasteiger partial charge on any atom is 0.125 e. The molecule has 0 radical (unpaired) electrons. The topological polar surface area (TPSA) is 42.4 Å². The molecule has 0 aliphatic rings. The number of nitrogens with zero attached hydrogens (tertiary/aromatic N) is 1. The third-order valence-electron chi connectivity index (χ3n) is 2.89. The maximum atomic E-state index is 10.4. The highest BCUT2D eigenvalue weighted by atomic mass is 16.5. The number of rotatable bonds is 5. The van der Waals surface area contributed by atoms with Gasteiger partial charge < -0.3 is 9.84 Å². The Labute approximate surface area is 113 Å². The highest BCUT2D eigenvalue weighted by Gasteiger charge is 2.16. The summed E-state index contributed by atoms with van der Waals surface area (Å²) in [5.74, 6) is 0.722. The molecule has 1 aromatic heterocycles. The zero-order valence-electron chi connectivity index (χ0n) is 11.3. The first-order valence-corrected chi connectivity index (χ1v) is 6.54. The van der Waals surface area contributed by atoms with E-state index in [0.717, 1.165) is 23.3 Å². The summed E-state index contributed by atoms with van der Waals surface area (Å²) >= 11 is 0. The number of aliphatic hydroxyl groups excluding tert-OH is 1. The van der Waals surface area contributed by atoms with Crippen LogP contribution in [0.25, 0.3) is 0 Å². The lowest BCUT2D eigenvalue weighted by molar-refractivity contribution is 0.206. The molecule has 19 heavy (non-hydrogen) atoms. The van der Waals surface area contributed by atoms with Gasteiger partial charge in [0, 0.05) is 11.8 Å². The summed E-state index contributed by atoms with van der Waals surface area (Å²) in [6.45, 7) is 4.67.